The maximum absolute atomic E-state index is 16.5. The minimum atomic E-state index is -0.563. The summed E-state index contributed by atoms with van der Waals surface area (Å²) in [5, 5.41) is 11.3. The molecule has 0 spiro atoms. The Labute approximate surface area is 229 Å². The Morgan fingerprint density at radius 2 is 1.67 bits per heavy atom. The fourth-order valence-electron chi connectivity index (χ4n) is 7.37. The van der Waals surface area contributed by atoms with Gasteiger partial charge in [-0.15, -0.1) is 0 Å². The molecule has 2 aromatic carbocycles. The highest BCUT2D eigenvalue weighted by Crippen LogP contribution is 2.41. The van der Waals surface area contributed by atoms with Gasteiger partial charge in [0.25, 0.3) is 0 Å². The molecule has 0 aliphatic carbocycles. The number of para-hydroxylation sites is 1. The zero-order valence-corrected chi connectivity index (χ0v) is 22.6. The largest absolute Gasteiger partial charge is 0.461 e. The van der Waals surface area contributed by atoms with Gasteiger partial charge in [-0.2, -0.15) is 9.97 Å². The summed E-state index contributed by atoms with van der Waals surface area (Å²) in [6, 6.07) is 12.0. The number of aromatic nitrogens is 2. The van der Waals surface area contributed by atoms with E-state index in [0.717, 1.165) is 74.3 Å². The highest BCUT2D eigenvalue weighted by atomic mass is 19.1. The second-order valence-corrected chi connectivity index (χ2v) is 11.8. The predicted molar refractivity (Wildman–Crippen MR) is 152 cm³/mol. The van der Waals surface area contributed by atoms with Crippen LogP contribution in [0.4, 0.5) is 21.6 Å². The molecule has 206 valence electrons. The first-order valence-electron chi connectivity index (χ1n) is 14.8. The number of benzene rings is 2. The molecule has 0 amide bonds. The van der Waals surface area contributed by atoms with Crippen molar-refractivity contribution in [2.24, 2.45) is 0 Å². The normalized spacial score (nSPS) is 23.1. The molecule has 1 unspecified atom stereocenters. The Kier molecular flexibility index (Phi) is 6.55. The van der Waals surface area contributed by atoms with Gasteiger partial charge in [0.2, 0.25) is 0 Å². The number of anilines is 3. The summed E-state index contributed by atoms with van der Waals surface area (Å²) in [4.78, 5) is 16.4. The molecule has 4 aliphatic heterocycles. The summed E-state index contributed by atoms with van der Waals surface area (Å²) < 4.78 is 22.9. The lowest BCUT2D eigenvalue weighted by molar-refractivity contribution is 0.108. The van der Waals surface area contributed by atoms with Crippen LogP contribution >= 0.6 is 0 Å². The highest BCUT2D eigenvalue weighted by Gasteiger charge is 2.45. The van der Waals surface area contributed by atoms with Crippen LogP contribution in [0.5, 0.6) is 6.01 Å². The van der Waals surface area contributed by atoms with E-state index >= 15 is 4.39 Å². The third-order valence-electron chi connectivity index (χ3n) is 9.35. The molecule has 3 aromatic rings. The summed E-state index contributed by atoms with van der Waals surface area (Å²) in [7, 11) is 0. The standard InChI is InChI=1S/C31H38FN5O2/c32-27-26(37-20-23(38)19-22-9-3-4-10-25(22)37)12-11-24-28(27)33-30(34-29(24)35-15-5-1-2-6-16-35)39-21-31-13-7-17-36(31)18-8-14-31/h3-4,9-12,23,38H,1-2,5-8,13-21H2. The summed E-state index contributed by atoms with van der Waals surface area (Å²) in [6.45, 7) is 4.94. The second-order valence-electron chi connectivity index (χ2n) is 11.8. The number of rotatable bonds is 5. The first-order valence-corrected chi connectivity index (χ1v) is 14.8. The molecule has 7 rings (SSSR count). The van der Waals surface area contributed by atoms with Crippen LogP contribution in [0.3, 0.4) is 0 Å². The average Bonchev–Trinajstić information content (AvgIpc) is 3.41. The molecule has 3 saturated heterocycles. The van der Waals surface area contributed by atoms with E-state index in [0.29, 0.717) is 30.8 Å². The lowest BCUT2D eigenvalue weighted by Crippen LogP contribution is -2.43. The number of fused-ring (bicyclic) bond motifs is 3. The average molecular weight is 532 g/mol. The monoisotopic (exact) mass is 531 g/mol. The van der Waals surface area contributed by atoms with Crippen molar-refractivity contribution in [3.63, 3.8) is 0 Å². The van der Waals surface area contributed by atoms with Crippen molar-refractivity contribution in [2.45, 2.75) is 69.4 Å². The quantitative estimate of drug-likeness (QED) is 0.485. The van der Waals surface area contributed by atoms with Crippen LogP contribution in [-0.2, 0) is 6.42 Å². The number of nitrogens with zero attached hydrogens (tertiary/aromatic N) is 5. The maximum atomic E-state index is 16.5. The Balaban J connectivity index is 1.30. The van der Waals surface area contributed by atoms with Crippen LogP contribution in [0.15, 0.2) is 36.4 Å². The van der Waals surface area contributed by atoms with Crippen LogP contribution in [-0.4, -0.2) is 70.9 Å². The van der Waals surface area contributed by atoms with Gasteiger partial charge in [-0.25, -0.2) is 4.39 Å². The second kappa shape index (κ2) is 10.2. The van der Waals surface area contributed by atoms with E-state index in [4.69, 9.17) is 14.7 Å². The van der Waals surface area contributed by atoms with Gasteiger partial charge in [0, 0.05) is 37.1 Å². The van der Waals surface area contributed by atoms with E-state index in [9.17, 15) is 5.11 Å². The molecular formula is C31H38FN5O2. The SMILES string of the molecule is OC1Cc2ccccc2N(c2ccc3c(N4CCCCCC4)nc(OCC45CCCN4CCC5)nc3c2F)C1. The van der Waals surface area contributed by atoms with Gasteiger partial charge in [0.05, 0.1) is 17.3 Å². The maximum Gasteiger partial charge on any atom is 0.319 e. The van der Waals surface area contributed by atoms with Crippen LogP contribution < -0.4 is 14.5 Å². The number of hydrogen-bond donors (Lipinski definition) is 1. The van der Waals surface area contributed by atoms with Crippen molar-refractivity contribution >= 4 is 28.1 Å². The van der Waals surface area contributed by atoms with Crippen LogP contribution in [0.1, 0.15) is 56.9 Å². The van der Waals surface area contributed by atoms with E-state index < -0.39 is 6.10 Å². The van der Waals surface area contributed by atoms with Crippen LogP contribution in [0.2, 0.25) is 0 Å². The van der Waals surface area contributed by atoms with Crippen LogP contribution in [0, 0.1) is 5.82 Å². The molecule has 0 bridgehead atoms. The highest BCUT2D eigenvalue weighted by molar-refractivity contribution is 5.93. The van der Waals surface area contributed by atoms with Gasteiger partial charge in [-0.05, 0) is 75.4 Å². The zero-order valence-electron chi connectivity index (χ0n) is 22.6. The van der Waals surface area contributed by atoms with Crippen molar-refractivity contribution in [3.05, 3.63) is 47.8 Å². The molecule has 5 heterocycles. The van der Waals surface area contributed by atoms with E-state index in [-0.39, 0.29) is 17.4 Å². The van der Waals surface area contributed by atoms with Crippen molar-refractivity contribution in [1.29, 1.82) is 0 Å². The van der Waals surface area contributed by atoms with E-state index in [2.05, 4.69) is 9.80 Å². The number of aliphatic hydroxyl groups excluding tert-OH is 1. The third-order valence-corrected chi connectivity index (χ3v) is 9.35. The summed E-state index contributed by atoms with van der Waals surface area (Å²) in [5.74, 6) is 0.384. The molecule has 4 aliphatic rings. The van der Waals surface area contributed by atoms with Gasteiger partial charge < -0.3 is 19.6 Å². The fraction of sp³-hybridized carbons (Fsp3) is 0.548. The molecule has 0 saturated carbocycles. The molecular weight excluding hydrogens is 493 g/mol. The number of aliphatic hydroxyl groups is 1. The predicted octanol–water partition coefficient (Wildman–Crippen LogP) is 5.21. The lowest BCUT2D eigenvalue weighted by Gasteiger charge is -2.34. The van der Waals surface area contributed by atoms with Crippen molar-refractivity contribution < 1.29 is 14.2 Å². The van der Waals surface area contributed by atoms with Crippen molar-refractivity contribution in [3.8, 4) is 6.01 Å². The minimum Gasteiger partial charge on any atom is -0.461 e. The molecule has 1 aromatic heterocycles. The smallest absolute Gasteiger partial charge is 0.319 e. The number of ether oxygens (including phenoxy) is 1. The minimum absolute atomic E-state index is 0.0646. The Hall–Kier alpha value is -2.97. The Morgan fingerprint density at radius 1 is 0.897 bits per heavy atom. The Morgan fingerprint density at radius 3 is 2.46 bits per heavy atom. The molecule has 8 heteroatoms. The van der Waals surface area contributed by atoms with E-state index in [1.165, 1.54) is 25.7 Å². The van der Waals surface area contributed by atoms with E-state index in [1.54, 1.807) is 0 Å². The third kappa shape index (κ3) is 4.51. The molecule has 39 heavy (non-hydrogen) atoms. The lowest BCUT2D eigenvalue weighted by atomic mass is 9.95. The fourth-order valence-corrected chi connectivity index (χ4v) is 7.37. The van der Waals surface area contributed by atoms with E-state index in [1.807, 2.05) is 41.3 Å². The topological polar surface area (TPSA) is 65.0 Å². The number of β-amino-alcohol motifs (C(OH)–C–C–N with tert-alkyl or cyclic N) is 1. The molecule has 1 atom stereocenters. The molecule has 0 radical (unpaired) electrons. The zero-order chi connectivity index (χ0) is 26.4. The van der Waals surface area contributed by atoms with Gasteiger partial charge in [-0.1, -0.05) is 31.0 Å². The van der Waals surface area contributed by atoms with Crippen molar-refractivity contribution in [1.82, 2.24) is 14.9 Å². The van der Waals surface area contributed by atoms with Crippen LogP contribution in [0.25, 0.3) is 10.9 Å². The number of halogens is 1. The molecule has 3 fully saturated rings. The molecule has 7 nitrogen and oxygen atoms in total. The first kappa shape index (κ1) is 25.0. The van der Waals surface area contributed by atoms with Gasteiger partial charge in [0.15, 0.2) is 5.82 Å². The van der Waals surface area contributed by atoms with Gasteiger partial charge >= 0.3 is 6.01 Å². The first-order chi connectivity index (χ1) is 19.1. The van der Waals surface area contributed by atoms with Crippen molar-refractivity contribution in [2.75, 3.05) is 49.1 Å². The summed E-state index contributed by atoms with van der Waals surface area (Å²) >= 11 is 0. The number of hydrogen-bond acceptors (Lipinski definition) is 7. The molecule has 1 N–H and O–H groups in total. The Bertz CT molecular complexity index is 1350. The summed E-state index contributed by atoms with van der Waals surface area (Å²) in [5.41, 5.74) is 2.73. The van der Waals surface area contributed by atoms with Gasteiger partial charge in [-0.3, -0.25) is 4.90 Å². The van der Waals surface area contributed by atoms with Gasteiger partial charge in [0.1, 0.15) is 17.9 Å². The summed E-state index contributed by atoms with van der Waals surface area (Å²) in [6.07, 6.45) is 9.28.